The third-order valence-corrected chi connectivity index (χ3v) is 4.06. The van der Waals surface area contributed by atoms with Crippen molar-refractivity contribution in [1.29, 1.82) is 0 Å². The van der Waals surface area contributed by atoms with Crippen LogP contribution in [0.25, 0.3) is 0 Å². The maximum absolute atomic E-state index is 12.3. The molecule has 0 saturated heterocycles. The molecular formula is C14H20N2O2S. The molecule has 1 amide bonds. The number of carbonyl (C=O) groups is 1. The zero-order chi connectivity index (χ0) is 13.8. The second-order valence-corrected chi connectivity index (χ2v) is 6.19. The Hall–Kier alpha value is -1.07. The lowest BCUT2D eigenvalue weighted by Gasteiger charge is -2.20. The number of rotatable bonds is 6. The molecule has 4 nitrogen and oxygen atoms in total. The first-order chi connectivity index (χ1) is 9.11. The molecular weight excluding hydrogens is 260 g/mol. The fourth-order valence-electron chi connectivity index (χ4n) is 1.98. The normalized spacial score (nSPS) is 16.2. The van der Waals surface area contributed by atoms with E-state index in [0.29, 0.717) is 18.0 Å². The minimum absolute atomic E-state index is 0.0555. The monoisotopic (exact) mass is 280 g/mol. The summed E-state index contributed by atoms with van der Waals surface area (Å²) in [4.78, 5) is 18.1. The Morgan fingerprint density at radius 2 is 2.37 bits per heavy atom. The quantitative estimate of drug-likeness (QED) is 0.810. The first-order valence-corrected chi connectivity index (χ1v) is 7.62. The van der Waals surface area contributed by atoms with Crippen molar-refractivity contribution in [3.8, 4) is 0 Å². The predicted molar refractivity (Wildman–Crippen MR) is 76.3 cm³/mol. The van der Waals surface area contributed by atoms with Crippen molar-refractivity contribution >= 4 is 17.7 Å². The van der Waals surface area contributed by atoms with Crippen LogP contribution in [0, 0.1) is 5.92 Å². The van der Waals surface area contributed by atoms with Crippen molar-refractivity contribution in [1.82, 2.24) is 9.88 Å². The van der Waals surface area contributed by atoms with E-state index in [1.54, 1.807) is 36.0 Å². The van der Waals surface area contributed by atoms with E-state index < -0.39 is 0 Å². The number of aliphatic hydroxyl groups excluding tert-OH is 1. The van der Waals surface area contributed by atoms with Crippen molar-refractivity contribution in [3.05, 3.63) is 23.9 Å². The molecule has 1 heterocycles. The first-order valence-electron chi connectivity index (χ1n) is 6.64. The van der Waals surface area contributed by atoms with Gasteiger partial charge in [0.05, 0.1) is 11.1 Å². The Labute approximate surface area is 118 Å². The molecule has 0 aliphatic heterocycles. The number of thioether (sulfide) groups is 1. The van der Waals surface area contributed by atoms with Gasteiger partial charge in [-0.2, -0.15) is 0 Å². The number of carbonyl (C=O) groups excluding carboxylic acids is 1. The standard InChI is InChI=1S/C14H20N2O2S/c1-3-19-13-8-11(6-7-15-13)14(18)16(2)9-12(17)10-4-5-10/h6-8,10,12,17H,3-5,9H2,1-2H3. The summed E-state index contributed by atoms with van der Waals surface area (Å²) in [6.07, 6.45) is 3.43. The summed E-state index contributed by atoms with van der Waals surface area (Å²) in [5.41, 5.74) is 0.636. The van der Waals surface area contributed by atoms with Crippen molar-refractivity contribution in [2.24, 2.45) is 5.92 Å². The maximum atomic E-state index is 12.3. The van der Waals surface area contributed by atoms with Gasteiger partial charge in [-0.15, -0.1) is 11.8 Å². The van der Waals surface area contributed by atoms with E-state index >= 15 is 0 Å². The predicted octanol–water partition coefficient (Wildman–Crippen LogP) is 2.04. The van der Waals surface area contributed by atoms with Gasteiger partial charge in [0.15, 0.2) is 0 Å². The van der Waals surface area contributed by atoms with Gasteiger partial charge in [0.25, 0.3) is 5.91 Å². The Morgan fingerprint density at radius 1 is 1.63 bits per heavy atom. The highest BCUT2D eigenvalue weighted by atomic mass is 32.2. The molecule has 5 heteroatoms. The van der Waals surface area contributed by atoms with Gasteiger partial charge in [0.2, 0.25) is 0 Å². The molecule has 0 radical (unpaired) electrons. The Kier molecular flexibility index (Phi) is 4.82. The van der Waals surface area contributed by atoms with Gasteiger partial charge >= 0.3 is 0 Å². The topological polar surface area (TPSA) is 53.4 Å². The summed E-state index contributed by atoms with van der Waals surface area (Å²) in [6, 6.07) is 3.54. The number of amides is 1. The summed E-state index contributed by atoms with van der Waals surface area (Å²) < 4.78 is 0. The number of aromatic nitrogens is 1. The van der Waals surface area contributed by atoms with Crippen molar-refractivity contribution < 1.29 is 9.90 Å². The average molecular weight is 280 g/mol. The molecule has 0 aromatic carbocycles. The Balaban J connectivity index is 1.98. The lowest BCUT2D eigenvalue weighted by atomic mass is 10.2. The van der Waals surface area contributed by atoms with E-state index in [0.717, 1.165) is 23.6 Å². The molecule has 1 unspecified atom stereocenters. The lowest BCUT2D eigenvalue weighted by molar-refractivity contribution is 0.0645. The number of hydrogen-bond donors (Lipinski definition) is 1. The molecule has 0 bridgehead atoms. The Bertz CT molecular complexity index is 449. The van der Waals surface area contributed by atoms with E-state index in [1.807, 2.05) is 6.07 Å². The maximum Gasteiger partial charge on any atom is 0.253 e. The van der Waals surface area contributed by atoms with E-state index in [-0.39, 0.29) is 12.0 Å². The average Bonchev–Trinajstić information content (AvgIpc) is 3.22. The van der Waals surface area contributed by atoms with Gasteiger partial charge in [-0.25, -0.2) is 4.98 Å². The molecule has 1 N–H and O–H groups in total. The molecule has 1 fully saturated rings. The number of pyridine rings is 1. The van der Waals surface area contributed by atoms with Gasteiger partial charge in [0.1, 0.15) is 0 Å². The van der Waals surface area contributed by atoms with Crippen LogP contribution >= 0.6 is 11.8 Å². The molecule has 2 rings (SSSR count). The minimum atomic E-state index is -0.389. The highest BCUT2D eigenvalue weighted by Crippen LogP contribution is 2.32. The summed E-state index contributed by atoms with van der Waals surface area (Å²) in [5, 5.41) is 10.7. The lowest BCUT2D eigenvalue weighted by Crippen LogP contribution is -2.35. The Morgan fingerprint density at radius 3 is 3.00 bits per heavy atom. The van der Waals surface area contributed by atoms with E-state index in [2.05, 4.69) is 11.9 Å². The van der Waals surface area contributed by atoms with Crippen LogP contribution in [0.2, 0.25) is 0 Å². The molecule has 104 valence electrons. The van der Waals surface area contributed by atoms with Crippen molar-refractivity contribution in [2.45, 2.75) is 30.9 Å². The first kappa shape index (κ1) is 14.3. The fraction of sp³-hybridized carbons (Fsp3) is 0.571. The molecule has 0 spiro atoms. The number of nitrogens with zero attached hydrogens (tertiary/aromatic N) is 2. The van der Waals surface area contributed by atoms with Crippen LogP contribution in [0.15, 0.2) is 23.4 Å². The zero-order valence-electron chi connectivity index (χ0n) is 11.4. The van der Waals surface area contributed by atoms with E-state index in [9.17, 15) is 9.90 Å². The second kappa shape index (κ2) is 6.39. The summed E-state index contributed by atoms with van der Waals surface area (Å²) in [7, 11) is 1.74. The van der Waals surface area contributed by atoms with Crippen LogP contribution in [-0.4, -0.2) is 46.3 Å². The van der Waals surface area contributed by atoms with E-state index in [4.69, 9.17) is 0 Å². The van der Waals surface area contributed by atoms with Gasteiger partial charge in [-0.3, -0.25) is 4.79 Å². The molecule has 1 atom stereocenters. The largest absolute Gasteiger partial charge is 0.391 e. The number of likely N-dealkylation sites (N-methyl/N-ethyl adjacent to an activating group) is 1. The molecule has 1 saturated carbocycles. The fourth-order valence-corrected chi connectivity index (χ4v) is 2.62. The number of hydrogen-bond acceptors (Lipinski definition) is 4. The minimum Gasteiger partial charge on any atom is -0.391 e. The van der Waals surface area contributed by atoms with Gasteiger partial charge in [0, 0.05) is 25.4 Å². The van der Waals surface area contributed by atoms with Gasteiger partial charge in [-0.1, -0.05) is 6.92 Å². The van der Waals surface area contributed by atoms with Gasteiger partial charge < -0.3 is 10.0 Å². The molecule has 1 aliphatic carbocycles. The molecule has 1 aliphatic rings. The summed E-state index contributed by atoms with van der Waals surface area (Å²) >= 11 is 1.62. The van der Waals surface area contributed by atoms with Crippen molar-refractivity contribution in [3.63, 3.8) is 0 Å². The third-order valence-electron chi connectivity index (χ3n) is 3.25. The molecule has 1 aromatic rings. The van der Waals surface area contributed by atoms with Crippen LogP contribution < -0.4 is 0 Å². The third kappa shape index (κ3) is 3.94. The van der Waals surface area contributed by atoms with Crippen molar-refractivity contribution in [2.75, 3.05) is 19.3 Å². The SMILES string of the molecule is CCSc1cc(C(=O)N(C)CC(O)C2CC2)ccn1. The van der Waals surface area contributed by atoms with Crippen LogP contribution in [0.1, 0.15) is 30.1 Å². The molecule has 19 heavy (non-hydrogen) atoms. The highest BCUT2D eigenvalue weighted by molar-refractivity contribution is 7.99. The second-order valence-electron chi connectivity index (χ2n) is 4.91. The van der Waals surface area contributed by atoms with Gasteiger partial charge in [-0.05, 0) is 36.6 Å². The van der Waals surface area contributed by atoms with Crippen LogP contribution in [0.4, 0.5) is 0 Å². The molecule has 1 aromatic heterocycles. The van der Waals surface area contributed by atoms with E-state index in [1.165, 1.54) is 0 Å². The zero-order valence-corrected chi connectivity index (χ0v) is 12.2. The smallest absolute Gasteiger partial charge is 0.253 e. The highest BCUT2D eigenvalue weighted by Gasteiger charge is 2.31. The summed E-state index contributed by atoms with van der Waals surface area (Å²) in [6.45, 7) is 2.46. The van der Waals surface area contributed by atoms with Crippen LogP contribution in [0.3, 0.4) is 0 Å². The van der Waals surface area contributed by atoms with Crippen LogP contribution in [-0.2, 0) is 0 Å². The number of aliphatic hydroxyl groups is 1. The summed E-state index contributed by atoms with van der Waals surface area (Å²) in [5.74, 6) is 1.26. The van der Waals surface area contributed by atoms with Crippen LogP contribution in [0.5, 0.6) is 0 Å².